The van der Waals surface area contributed by atoms with E-state index in [2.05, 4.69) is 34.9 Å². The van der Waals surface area contributed by atoms with Crippen molar-refractivity contribution in [1.82, 2.24) is 10.6 Å². The fourth-order valence-corrected chi connectivity index (χ4v) is 4.41. The normalized spacial score (nSPS) is 13.0. The van der Waals surface area contributed by atoms with Crippen molar-refractivity contribution in [3.8, 4) is 11.1 Å². The van der Waals surface area contributed by atoms with Crippen LogP contribution in [0.4, 0.5) is 4.79 Å². The highest BCUT2D eigenvalue weighted by Crippen LogP contribution is 2.44. The highest BCUT2D eigenvalue weighted by molar-refractivity contribution is 5.79. The maximum Gasteiger partial charge on any atom is 0.407 e. The first-order valence-corrected chi connectivity index (χ1v) is 12.1. The molecule has 3 rings (SSSR count). The van der Waals surface area contributed by atoms with Gasteiger partial charge in [-0.3, -0.25) is 9.59 Å². The molecule has 0 heterocycles. The van der Waals surface area contributed by atoms with Gasteiger partial charge in [0.1, 0.15) is 6.61 Å². The number of carbonyl (C=O) groups is 3. The first-order chi connectivity index (χ1) is 16.5. The first-order valence-electron chi connectivity index (χ1n) is 12.1. The second kappa shape index (κ2) is 12.8. The number of benzene rings is 2. The number of unbranched alkanes of at least 4 members (excludes halogenated alkanes) is 3. The number of carbonyl (C=O) groups excluding carboxylic acids is 2. The summed E-state index contributed by atoms with van der Waals surface area (Å²) in [5, 5.41) is 14.4. The zero-order chi connectivity index (χ0) is 24.3. The quantitative estimate of drug-likeness (QED) is 0.366. The number of hydrogen-bond donors (Lipinski definition) is 3. The van der Waals surface area contributed by atoms with Crippen molar-refractivity contribution in [1.29, 1.82) is 0 Å². The van der Waals surface area contributed by atoms with Crippen molar-refractivity contribution in [2.45, 2.75) is 63.8 Å². The fourth-order valence-electron chi connectivity index (χ4n) is 4.41. The average molecular weight is 467 g/mol. The molecule has 0 spiro atoms. The second-order valence-electron chi connectivity index (χ2n) is 8.69. The monoisotopic (exact) mass is 466 g/mol. The summed E-state index contributed by atoms with van der Waals surface area (Å²) in [4.78, 5) is 34.9. The van der Waals surface area contributed by atoms with Gasteiger partial charge in [-0.2, -0.15) is 0 Å². The maximum atomic E-state index is 12.2. The Bertz CT molecular complexity index is 945. The minimum absolute atomic E-state index is 0.0482. The standard InChI is InChI=1S/C27H34N2O5/c1-2-19(17-26(31)32)29-25(30)15-5-3-4-10-16-28-27(33)34-18-24-22-13-8-6-11-20(22)21-12-7-9-14-23(21)24/h6-9,11-14,19,24H,2-5,10,15-18H2,1H3,(H,28,33)(H,29,30)(H,31,32). The van der Waals surface area contributed by atoms with E-state index in [1.165, 1.54) is 22.3 Å². The van der Waals surface area contributed by atoms with Gasteiger partial charge in [-0.25, -0.2) is 4.79 Å². The van der Waals surface area contributed by atoms with E-state index in [0.717, 1.165) is 25.7 Å². The van der Waals surface area contributed by atoms with Crippen LogP contribution < -0.4 is 10.6 Å². The van der Waals surface area contributed by atoms with Gasteiger partial charge < -0.3 is 20.5 Å². The molecular weight excluding hydrogens is 432 g/mol. The minimum Gasteiger partial charge on any atom is -0.481 e. The zero-order valence-electron chi connectivity index (χ0n) is 19.7. The number of hydrogen-bond acceptors (Lipinski definition) is 4. The van der Waals surface area contributed by atoms with Gasteiger partial charge in [0, 0.05) is 24.9 Å². The highest BCUT2D eigenvalue weighted by Gasteiger charge is 2.28. The van der Waals surface area contributed by atoms with Gasteiger partial charge in [-0.1, -0.05) is 68.3 Å². The molecule has 34 heavy (non-hydrogen) atoms. The Labute approximate surface area is 200 Å². The van der Waals surface area contributed by atoms with Crippen LogP contribution in [-0.4, -0.2) is 42.3 Å². The summed E-state index contributed by atoms with van der Waals surface area (Å²) in [6.07, 6.45) is 3.83. The largest absolute Gasteiger partial charge is 0.481 e. The lowest BCUT2D eigenvalue weighted by atomic mass is 9.98. The summed E-state index contributed by atoms with van der Waals surface area (Å²) in [6.45, 7) is 2.69. The van der Waals surface area contributed by atoms with E-state index in [1.54, 1.807) is 0 Å². The van der Waals surface area contributed by atoms with Gasteiger partial charge in [0.2, 0.25) is 5.91 Å². The molecule has 0 radical (unpaired) electrons. The Hall–Kier alpha value is -3.35. The van der Waals surface area contributed by atoms with Gasteiger partial charge in [-0.15, -0.1) is 0 Å². The molecule has 1 aliphatic rings. The average Bonchev–Trinajstić information content (AvgIpc) is 3.15. The lowest BCUT2D eigenvalue weighted by Crippen LogP contribution is -2.35. The third-order valence-corrected chi connectivity index (χ3v) is 6.22. The summed E-state index contributed by atoms with van der Waals surface area (Å²) in [6, 6.07) is 16.2. The smallest absolute Gasteiger partial charge is 0.407 e. The third-order valence-electron chi connectivity index (χ3n) is 6.22. The molecule has 0 saturated heterocycles. The number of aliphatic carboxylic acids is 1. The lowest BCUT2D eigenvalue weighted by Gasteiger charge is -2.15. The SMILES string of the molecule is CCC(CC(=O)O)NC(=O)CCCCCCNC(=O)OCC1c2ccccc2-c2ccccc21. The van der Waals surface area contributed by atoms with E-state index >= 15 is 0 Å². The second-order valence-corrected chi connectivity index (χ2v) is 8.69. The number of amides is 2. The molecule has 0 aromatic heterocycles. The number of fused-ring (bicyclic) bond motifs is 3. The van der Waals surface area contributed by atoms with Crippen LogP contribution in [0.3, 0.4) is 0 Å². The van der Waals surface area contributed by atoms with Crippen molar-refractivity contribution >= 4 is 18.0 Å². The maximum absolute atomic E-state index is 12.2. The molecule has 0 bridgehead atoms. The number of carboxylic acid groups (broad SMARTS) is 1. The molecule has 7 nitrogen and oxygen atoms in total. The summed E-state index contributed by atoms with van der Waals surface area (Å²) in [7, 11) is 0. The molecule has 0 fully saturated rings. The van der Waals surface area contributed by atoms with Gasteiger partial charge in [0.05, 0.1) is 6.42 Å². The number of carboxylic acids is 1. The topological polar surface area (TPSA) is 105 Å². The predicted molar refractivity (Wildman–Crippen MR) is 131 cm³/mol. The van der Waals surface area contributed by atoms with Crippen molar-refractivity contribution in [2.75, 3.05) is 13.2 Å². The zero-order valence-corrected chi connectivity index (χ0v) is 19.7. The summed E-state index contributed by atoms with van der Waals surface area (Å²) >= 11 is 0. The molecule has 3 N–H and O–H groups in total. The molecule has 182 valence electrons. The van der Waals surface area contributed by atoms with Crippen LogP contribution >= 0.6 is 0 Å². The highest BCUT2D eigenvalue weighted by atomic mass is 16.5. The Morgan fingerprint density at radius 2 is 1.56 bits per heavy atom. The summed E-state index contributed by atoms with van der Waals surface area (Å²) in [5.74, 6) is -0.965. The number of alkyl carbamates (subject to hydrolysis) is 1. The molecular formula is C27H34N2O5. The Morgan fingerprint density at radius 1 is 0.941 bits per heavy atom. The van der Waals surface area contributed by atoms with Crippen LogP contribution in [0.5, 0.6) is 0 Å². The summed E-state index contributed by atoms with van der Waals surface area (Å²) in [5.41, 5.74) is 4.78. The summed E-state index contributed by atoms with van der Waals surface area (Å²) < 4.78 is 5.53. The fraction of sp³-hybridized carbons (Fsp3) is 0.444. The van der Waals surface area contributed by atoms with E-state index < -0.39 is 12.1 Å². The van der Waals surface area contributed by atoms with E-state index in [0.29, 0.717) is 26.0 Å². The third kappa shape index (κ3) is 7.07. The Kier molecular flexibility index (Phi) is 9.50. The van der Waals surface area contributed by atoms with Crippen molar-refractivity contribution < 1.29 is 24.2 Å². The predicted octanol–water partition coefficient (Wildman–Crippen LogP) is 4.85. The molecule has 2 aromatic carbocycles. The number of ether oxygens (including phenoxy) is 1. The number of rotatable bonds is 13. The van der Waals surface area contributed by atoms with E-state index in [9.17, 15) is 14.4 Å². The molecule has 2 aromatic rings. The Morgan fingerprint density at radius 3 is 2.18 bits per heavy atom. The van der Waals surface area contributed by atoms with Gasteiger partial charge in [0.25, 0.3) is 0 Å². The van der Waals surface area contributed by atoms with Crippen LogP contribution in [0.15, 0.2) is 48.5 Å². The molecule has 2 amide bonds. The van der Waals surface area contributed by atoms with Gasteiger partial charge >= 0.3 is 12.1 Å². The van der Waals surface area contributed by atoms with Crippen LogP contribution in [0, 0.1) is 0 Å². The van der Waals surface area contributed by atoms with Gasteiger partial charge in [-0.05, 0) is 41.5 Å². The molecule has 7 heteroatoms. The molecule has 1 aliphatic carbocycles. The minimum atomic E-state index is -0.906. The van der Waals surface area contributed by atoms with Gasteiger partial charge in [0.15, 0.2) is 0 Å². The first kappa shape index (κ1) is 25.3. The van der Waals surface area contributed by atoms with Crippen LogP contribution in [0.2, 0.25) is 0 Å². The van der Waals surface area contributed by atoms with E-state index in [1.807, 2.05) is 31.2 Å². The van der Waals surface area contributed by atoms with Crippen molar-refractivity contribution in [3.05, 3.63) is 59.7 Å². The number of nitrogens with one attached hydrogen (secondary N) is 2. The lowest BCUT2D eigenvalue weighted by molar-refractivity contribution is -0.137. The Balaban J connectivity index is 1.29. The molecule has 0 saturated carbocycles. The van der Waals surface area contributed by atoms with Crippen molar-refractivity contribution in [2.24, 2.45) is 0 Å². The van der Waals surface area contributed by atoms with E-state index in [-0.39, 0.29) is 24.3 Å². The van der Waals surface area contributed by atoms with E-state index in [4.69, 9.17) is 9.84 Å². The molecule has 0 aliphatic heterocycles. The van der Waals surface area contributed by atoms with Crippen LogP contribution in [0.25, 0.3) is 11.1 Å². The molecule has 1 atom stereocenters. The van der Waals surface area contributed by atoms with Crippen LogP contribution in [0.1, 0.15) is 68.9 Å². The molecule has 1 unspecified atom stereocenters. The van der Waals surface area contributed by atoms with Crippen LogP contribution in [-0.2, 0) is 14.3 Å². The van der Waals surface area contributed by atoms with Crippen molar-refractivity contribution in [3.63, 3.8) is 0 Å².